The van der Waals surface area contributed by atoms with E-state index in [2.05, 4.69) is 9.99 Å². The van der Waals surface area contributed by atoms with E-state index in [1.807, 2.05) is 0 Å². The molecule has 0 heterocycles. The van der Waals surface area contributed by atoms with E-state index in [1.165, 1.54) is 0 Å². The maximum atomic E-state index is 10.4. The van der Waals surface area contributed by atoms with Gasteiger partial charge in [-0.3, -0.25) is 4.79 Å². The molecule has 2 N–H and O–H groups in total. The highest BCUT2D eigenvalue weighted by atomic mass is 16.6. The van der Waals surface area contributed by atoms with E-state index < -0.39 is 11.9 Å². The lowest BCUT2D eigenvalue weighted by atomic mass is 10.2. The lowest BCUT2D eigenvalue weighted by Crippen LogP contribution is -2.15. The molecule has 6 nitrogen and oxygen atoms in total. The summed E-state index contributed by atoms with van der Waals surface area (Å²) in [6.45, 7) is 1.91. The van der Waals surface area contributed by atoms with Gasteiger partial charge in [0.2, 0.25) is 0 Å². The number of carbonyl (C=O) groups is 2. The molecule has 0 spiro atoms. The Morgan fingerprint density at radius 1 is 1.31 bits per heavy atom. The molecule has 0 aliphatic heterocycles. The highest BCUT2D eigenvalue weighted by Gasteiger charge is 2.12. The van der Waals surface area contributed by atoms with Crippen molar-refractivity contribution in [3.05, 3.63) is 0 Å². The van der Waals surface area contributed by atoms with Gasteiger partial charge in [0, 0.05) is 6.42 Å². The second kappa shape index (κ2) is 5.99. The van der Waals surface area contributed by atoms with Gasteiger partial charge < -0.3 is 15.1 Å². The largest absolute Gasteiger partial charge is 0.481 e. The number of carboxylic acids is 2. The average Bonchev–Trinajstić information content (AvgIpc) is 2.03. The summed E-state index contributed by atoms with van der Waals surface area (Å²) in [6.07, 6.45) is -0.400. The lowest BCUT2D eigenvalue weighted by molar-refractivity contribution is -0.136. The Kier molecular flexibility index (Phi) is 5.25. The number of nitrogens with zero attached hydrogens (tertiary/aromatic N) is 1. The first-order valence-electron chi connectivity index (χ1n) is 3.71. The second-order valence-corrected chi connectivity index (χ2v) is 2.15. The van der Waals surface area contributed by atoms with Crippen LogP contribution in [-0.2, 0) is 14.4 Å². The minimum atomic E-state index is -1.25. The minimum Gasteiger partial charge on any atom is -0.481 e. The predicted molar refractivity (Wildman–Crippen MR) is 43.6 cm³/mol. The first-order chi connectivity index (χ1) is 6.07. The van der Waals surface area contributed by atoms with Crippen LogP contribution in [0, 0.1) is 0 Å². The zero-order chi connectivity index (χ0) is 10.3. The van der Waals surface area contributed by atoms with Crippen molar-refractivity contribution in [1.29, 1.82) is 0 Å². The molecule has 0 radical (unpaired) electrons. The number of hydrogen-bond donors (Lipinski definition) is 2. The van der Waals surface area contributed by atoms with Gasteiger partial charge in [0.15, 0.2) is 5.71 Å². The summed E-state index contributed by atoms with van der Waals surface area (Å²) in [5.74, 6) is -2.32. The number of rotatable bonds is 6. The Labute approximate surface area is 74.8 Å². The van der Waals surface area contributed by atoms with Crippen LogP contribution >= 0.6 is 0 Å². The summed E-state index contributed by atoms with van der Waals surface area (Å²) in [5.41, 5.74) is -0.274. The molecule has 0 amide bonds. The molecular formula is C7H11NO5. The van der Waals surface area contributed by atoms with E-state index in [1.54, 1.807) is 6.92 Å². The van der Waals surface area contributed by atoms with Crippen molar-refractivity contribution >= 4 is 17.7 Å². The fraction of sp³-hybridized carbons (Fsp3) is 0.571. The van der Waals surface area contributed by atoms with Crippen molar-refractivity contribution in [3.8, 4) is 0 Å². The van der Waals surface area contributed by atoms with Gasteiger partial charge >= 0.3 is 11.9 Å². The molecule has 0 fully saturated rings. The van der Waals surface area contributed by atoms with Crippen molar-refractivity contribution < 1.29 is 24.6 Å². The topological polar surface area (TPSA) is 96.2 Å². The van der Waals surface area contributed by atoms with Crippen LogP contribution in [0.3, 0.4) is 0 Å². The number of carboxylic acid groups (broad SMARTS) is 2. The summed E-state index contributed by atoms with van der Waals surface area (Å²) in [7, 11) is 0. The Bertz CT molecular complexity index is 223. The molecule has 0 rings (SSSR count). The third-order valence-electron chi connectivity index (χ3n) is 1.13. The van der Waals surface area contributed by atoms with Crippen LogP contribution in [0.25, 0.3) is 0 Å². The Hall–Kier alpha value is -1.59. The van der Waals surface area contributed by atoms with Gasteiger partial charge in [0.25, 0.3) is 0 Å². The fourth-order valence-electron chi connectivity index (χ4n) is 0.559. The Morgan fingerprint density at radius 3 is 2.31 bits per heavy atom. The van der Waals surface area contributed by atoms with Crippen molar-refractivity contribution in [2.75, 3.05) is 6.61 Å². The third-order valence-corrected chi connectivity index (χ3v) is 1.13. The SMILES string of the molecule is CCO/N=C(/CCC(=O)O)C(=O)O. The number of aliphatic carboxylic acids is 2. The van der Waals surface area contributed by atoms with Gasteiger partial charge in [-0.1, -0.05) is 5.16 Å². The van der Waals surface area contributed by atoms with Gasteiger partial charge in [-0.2, -0.15) is 0 Å². The fourth-order valence-corrected chi connectivity index (χ4v) is 0.559. The Morgan fingerprint density at radius 2 is 1.92 bits per heavy atom. The average molecular weight is 189 g/mol. The molecule has 0 bridgehead atoms. The molecule has 0 unspecified atom stereocenters. The smallest absolute Gasteiger partial charge is 0.353 e. The van der Waals surface area contributed by atoms with Crippen molar-refractivity contribution in [3.63, 3.8) is 0 Å². The summed E-state index contributed by atoms with van der Waals surface area (Å²) < 4.78 is 0. The Balaban J connectivity index is 4.10. The van der Waals surface area contributed by atoms with Crippen LogP contribution in [0.1, 0.15) is 19.8 Å². The first kappa shape index (κ1) is 11.4. The first-order valence-corrected chi connectivity index (χ1v) is 3.71. The molecule has 0 aromatic heterocycles. The van der Waals surface area contributed by atoms with Crippen molar-refractivity contribution in [2.24, 2.45) is 5.16 Å². The summed E-state index contributed by atoms with van der Waals surface area (Å²) in [5, 5.41) is 20.1. The van der Waals surface area contributed by atoms with E-state index in [0.29, 0.717) is 0 Å². The maximum absolute atomic E-state index is 10.4. The predicted octanol–water partition coefficient (Wildman–Crippen LogP) is 0.328. The van der Waals surface area contributed by atoms with Crippen LogP contribution in [0.4, 0.5) is 0 Å². The van der Waals surface area contributed by atoms with Crippen molar-refractivity contribution in [1.82, 2.24) is 0 Å². The summed E-state index contributed by atoms with van der Waals surface area (Å²) in [6, 6.07) is 0. The highest BCUT2D eigenvalue weighted by Crippen LogP contribution is 1.95. The molecule has 0 aromatic rings. The van der Waals surface area contributed by atoms with Crippen LogP contribution in [-0.4, -0.2) is 34.5 Å². The van der Waals surface area contributed by atoms with Gasteiger partial charge in [-0.15, -0.1) is 0 Å². The lowest BCUT2D eigenvalue weighted by Gasteiger charge is -1.98. The zero-order valence-corrected chi connectivity index (χ0v) is 7.19. The van der Waals surface area contributed by atoms with Crippen molar-refractivity contribution in [2.45, 2.75) is 19.8 Å². The van der Waals surface area contributed by atoms with E-state index >= 15 is 0 Å². The highest BCUT2D eigenvalue weighted by molar-refractivity contribution is 6.35. The molecule has 0 saturated carbocycles. The molecular weight excluding hydrogens is 178 g/mol. The molecule has 0 aliphatic carbocycles. The number of hydrogen-bond acceptors (Lipinski definition) is 4. The van der Waals surface area contributed by atoms with E-state index in [-0.39, 0.29) is 25.2 Å². The van der Waals surface area contributed by atoms with Gasteiger partial charge in [-0.05, 0) is 6.92 Å². The summed E-state index contributed by atoms with van der Waals surface area (Å²) in [4.78, 5) is 25.0. The normalized spacial score (nSPS) is 11.0. The van der Waals surface area contributed by atoms with Crippen LogP contribution in [0.2, 0.25) is 0 Å². The zero-order valence-electron chi connectivity index (χ0n) is 7.19. The monoisotopic (exact) mass is 189 g/mol. The molecule has 74 valence electrons. The molecule has 0 aromatic carbocycles. The van der Waals surface area contributed by atoms with Gasteiger partial charge in [-0.25, -0.2) is 4.79 Å². The van der Waals surface area contributed by atoms with E-state index in [4.69, 9.17) is 10.2 Å². The molecule has 13 heavy (non-hydrogen) atoms. The van der Waals surface area contributed by atoms with E-state index in [9.17, 15) is 9.59 Å². The molecule has 6 heteroatoms. The van der Waals surface area contributed by atoms with Gasteiger partial charge in [0.1, 0.15) is 6.61 Å². The van der Waals surface area contributed by atoms with E-state index in [0.717, 1.165) is 0 Å². The molecule has 0 aliphatic rings. The molecule has 0 atom stereocenters. The number of oxime groups is 1. The second-order valence-electron chi connectivity index (χ2n) is 2.15. The minimum absolute atomic E-state index is 0.134. The van der Waals surface area contributed by atoms with Gasteiger partial charge in [0.05, 0.1) is 6.42 Å². The maximum Gasteiger partial charge on any atom is 0.353 e. The standard InChI is InChI=1S/C7H11NO5/c1-2-13-8-5(7(11)12)3-4-6(9)10/h2-4H2,1H3,(H,9,10)(H,11,12)/b8-5-. The summed E-state index contributed by atoms with van der Waals surface area (Å²) >= 11 is 0. The van der Waals surface area contributed by atoms with Crippen LogP contribution in [0.15, 0.2) is 5.16 Å². The quantitative estimate of drug-likeness (QED) is 0.463. The third kappa shape index (κ3) is 5.66. The molecule has 0 saturated heterocycles. The van der Waals surface area contributed by atoms with Crippen LogP contribution in [0.5, 0.6) is 0 Å². The van der Waals surface area contributed by atoms with Crippen LogP contribution < -0.4 is 0 Å².